The first-order chi connectivity index (χ1) is 4.80. The molecule has 4 heteroatoms. The van der Waals surface area contributed by atoms with Crippen molar-refractivity contribution in [3.05, 3.63) is 0 Å². The first kappa shape index (κ1) is 7.88. The lowest BCUT2D eigenvalue weighted by Crippen LogP contribution is -2.22. The van der Waals surface area contributed by atoms with Gasteiger partial charge in [0.05, 0.1) is 6.61 Å². The Morgan fingerprint density at radius 1 is 1.40 bits per heavy atom. The number of nitrogens with one attached hydrogen (secondary N) is 1. The van der Waals surface area contributed by atoms with Gasteiger partial charge in [-0.2, -0.15) is 0 Å². The number of hydrogen-bond donors (Lipinski definition) is 1. The Hall–Kier alpha value is -0.220. The van der Waals surface area contributed by atoms with Gasteiger partial charge in [0, 0.05) is 6.54 Å². The molecule has 1 heterocycles. The molecule has 0 amide bonds. The van der Waals surface area contributed by atoms with Crippen LogP contribution in [0.25, 0.3) is 0 Å². The fourth-order valence-corrected chi connectivity index (χ4v) is 0.934. The minimum atomic E-state index is -2.33. The van der Waals surface area contributed by atoms with Crippen LogP contribution >= 0.6 is 0 Å². The van der Waals surface area contributed by atoms with Crippen molar-refractivity contribution in [3.8, 4) is 0 Å². The summed E-state index contributed by atoms with van der Waals surface area (Å²) in [5, 5.41) is 2.97. The van der Waals surface area contributed by atoms with Crippen LogP contribution in [0.15, 0.2) is 0 Å². The van der Waals surface area contributed by atoms with Gasteiger partial charge in [0.25, 0.3) is 6.43 Å². The molecule has 0 aliphatic carbocycles. The predicted molar refractivity (Wildman–Crippen MR) is 33.2 cm³/mol. The molecular formula is C6H11F2NO. The Labute approximate surface area is 58.6 Å². The smallest absolute Gasteiger partial charge is 0.264 e. The number of ether oxygens (including phenoxy) is 1. The summed E-state index contributed by atoms with van der Waals surface area (Å²) in [5.41, 5.74) is 0. The number of hydrogen-bond acceptors (Lipinski definition) is 2. The van der Waals surface area contributed by atoms with Crippen LogP contribution in [-0.2, 0) is 4.74 Å². The van der Waals surface area contributed by atoms with Gasteiger partial charge in [-0.05, 0) is 13.0 Å². The summed E-state index contributed by atoms with van der Waals surface area (Å²) >= 11 is 0. The van der Waals surface area contributed by atoms with Gasteiger partial charge in [-0.3, -0.25) is 0 Å². The van der Waals surface area contributed by atoms with Gasteiger partial charge < -0.3 is 10.1 Å². The molecule has 0 bridgehead atoms. The van der Waals surface area contributed by atoms with Crippen molar-refractivity contribution in [3.63, 3.8) is 0 Å². The topological polar surface area (TPSA) is 21.3 Å². The SMILES string of the molecule is FC(F)[C@@H]1CCNCCO1. The molecule has 1 rings (SSSR count). The minimum Gasteiger partial charge on any atom is -0.371 e. The standard InChI is InChI=1S/C6H11F2NO/c7-6(8)5-1-2-9-3-4-10-5/h5-6,9H,1-4H2/t5-/m0/s1. The van der Waals surface area contributed by atoms with E-state index in [4.69, 9.17) is 4.74 Å². The highest BCUT2D eigenvalue weighted by Gasteiger charge is 2.21. The highest BCUT2D eigenvalue weighted by molar-refractivity contribution is 4.66. The molecule has 0 aromatic heterocycles. The number of rotatable bonds is 1. The van der Waals surface area contributed by atoms with Crippen molar-refractivity contribution < 1.29 is 13.5 Å². The average molecular weight is 151 g/mol. The number of halogens is 2. The van der Waals surface area contributed by atoms with Crippen LogP contribution in [0.2, 0.25) is 0 Å². The van der Waals surface area contributed by atoms with Gasteiger partial charge in [-0.25, -0.2) is 8.78 Å². The highest BCUT2D eigenvalue weighted by atomic mass is 19.3. The largest absolute Gasteiger partial charge is 0.371 e. The highest BCUT2D eigenvalue weighted by Crippen LogP contribution is 2.10. The van der Waals surface area contributed by atoms with Crippen LogP contribution < -0.4 is 5.32 Å². The predicted octanol–water partition coefficient (Wildman–Crippen LogP) is 0.630. The summed E-state index contributed by atoms with van der Waals surface area (Å²) in [6.45, 7) is 1.72. The third-order valence-electron chi connectivity index (χ3n) is 1.50. The van der Waals surface area contributed by atoms with Gasteiger partial charge in [0.1, 0.15) is 6.10 Å². The second kappa shape index (κ2) is 3.83. The van der Waals surface area contributed by atoms with Crippen molar-refractivity contribution in [1.29, 1.82) is 0 Å². The third-order valence-corrected chi connectivity index (χ3v) is 1.50. The first-order valence-corrected chi connectivity index (χ1v) is 3.41. The molecular weight excluding hydrogens is 140 g/mol. The van der Waals surface area contributed by atoms with Crippen molar-refractivity contribution in [2.75, 3.05) is 19.7 Å². The Balaban J connectivity index is 2.28. The van der Waals surface area contributed by atoms with Crippen LogP contribution in [-0.4, -0.2) is 32.2 Å². The quantitative estimate of drug-likeness (QED) is 0.593. The Morgan fingerprint density at radius 3 is 2.90 bits per heavy atom. The lowest BCUT2D eigenvalue weighted by molar-refractivity contribution is -0.0493. The van der Waals surface area contributed by atoms with Crippen molar-refractivity contribution >= 4 is 0 Å². The molecule has 1 fully saturated rings. The zero-order valence-corrected chi connectivity index (χ0v) is 5.65. The first-order valence-electron chi connectivity index (χ1n) is 3.41. The van der Waals surface area contributed by atoms with E-state index in [-0.39, 0.29) is 0 Å². The summed E-state index contributed by atoms with van der Waals surface area (Å²) < 4.78 is 28.7. The maximum atomic E-state index is 11.9. The van der Waals surface area contributed by atoms with Crippen LogP contribution in [0.4, 0.5) is 8.78 Å². The molecule has 1 aliphatic heterocycles. The summed E-state index contributed by atoms with van der Waals surface area (Å²) in [5.74, 6) is 0. The molecule has 10 heavy (non-hydrogen) atoms. The van der Waals surface area contributed by atoms with E-state index in [0.717, 1.165) is 0 Å². The van der Waals surface area contributed by atoms with Crippen LogP contribution in [0.3, 0.4) is 0 Å². The van der Waals surface area contributed by atoms with E-state index in [2.05, 4.69) is 5.32 Å². The molecule has 0 radical (unpaired) electrons. The Morgan fingerprint density at radius 2 is 2.20 bits per heavy atom. The van der Waals surface area contributed by atoms with E-state index >= 15 is 0 Å². The molecule has 0 aromatic carbocycles. The molecule has 60 valence electrons. The summed E-state index contributed by atoms with van der Waals surface area (Å²) in [7, 11) is 0. The molecule has 0 unspecified atom stereocenters. The molecule has 0 aromatic rings. The molecule has 1 aliphatic rings. The number of alkyl halides is 2. The molecule has 1 N–H and O–H groups in total. The maximum absolute atomic E-state index is 11.9. The van der Waals surface area contributed by atoms with E-state index in [0.29, 0.717) is 26.1 Å². The normalized spacial score (nSPS) is 28.5. The zero-order valence-electron chi connectivity index (χ0n) is 5.65. The van der Waals surface area contributed by atoms with E-state index in [1.54, 1.807) is 0 Å². The minimum absolute atomic E-state index is 0.398. The molecule has 0 spiro atoms. The van der Waals surface area contributed by atoms with Crippen LogP contribution in [0, 0.1) is 0 Å². The van der Waals surface area contributed by atoms with Gasteiger partial charge in [0.15, 0.2) is 0 Å². The maximum Gasteiger partial charge on any atom is 0.264 e. The van der Waals surface area contributed by atoms with E-state index in [1.807, 2.05) is 0 Å². The molecule has 0 saturated carbocycles. The third kappa shape index (κ3) is 2.19. The van der Waals surface area contributed by atoms with E-state index < -0.39 is 12.5 Å². The fourth-order valence-electron chi connectivity index (χ4n) is 0.934. The van der Waals surface area contributed by atoms with Crippen molar-refractivity contribution in [2.24, 2.45) is 0 Å². The summed E-state index contributed by atoms with van der Waals surface area (Å²) in [4.78, 5) is 0. The lowest BCUT2D eigenvalue weighted by Gasteiger charge is -2.11. The van der Waals surface area contributed by atoms with Crippen molar-refractivity contribution in [1.82, 2.24) is 5.32 Å². The second-order valence-electron chi connectivity index (χ2n) is 2.28. The average Bonchev–Trinajstić information content (AvgIpc) is 2.12. The summed E-state index contributed by atoms with van der Waals surface area (Å²) in [6.07, 6.45) is -2.77. The molecule has 2 nitrogen and oxygen atoms in total. The molecule has 1 atom stereocenters. The Kier molecular flexibility index (Phi) is 3.02. The summed E-state index contributed by atoms with van der Waals surface area (Å²) in [6, 6.07) is 0. The Bertz CT molecular complexity index is 91.7. The monoisotopic (exact) mass is 151 g/mol. The van der Waals surface area contributed by atoms with Gasteiger partial charge >= 0.3 is 0 Å². The van der Waals surface area contributed by atoms with Crippen LogP contribution in [0.1, 0.15) is 6.42 Å². The van der Waals surface area contributed by atoms with Gasteiger partial charge in [0.2, 0.25) is 0 Å². The molecule has 1 saturated heterocycles. The van der Waals surface area contributed by atoms with E-state index in [1.165, 1.54) is 0 Å². The lowest BCUT2D eigenvalue weighted by atomic mass is 10.2. The van der Waals surface area contributed by atoms with Gasteiger partial charge in [-0.15, -0.1) is 0 Å². The van der Waals surface area contributed by atoms with Crippen LogP contribution in [0.5, 0.6) is 0 Å². The van der Waals surface area contributed by atoms with Gasteiger partial charge in [-0.1, -0.05) is 0 Å². The second-order valence-corrected chi connectivity index (χ2v) is 2.28. The van der Waals surface area contributed by atoms with Crippen molar-refractivity contribution in [2.45, 2.75) is 19.0 Å². The van der Waals surface area contributed by atoms with E-state index in [9.17, 15) is 8.78 Å². The zero-order chi connectivity index (χ0) is 7.40. The fraction of sp³-hybridized carbons (Fsp3) is 1.00.